The highest BCUT2D eigenvalue weighted by molar-refractivity contribution is 5.86. The number of rotatable bonds is 1. The van der Waals surface area contributed by atoms with Crippen LogP contribution in [0.5, 0.6) is 0 Å². The molecule has 2 unspecified atom stereocenters. The summed E-state index contributed by atoms with van der Waals surface area (Å²) in [4.78, 5) is 12.2. The number of piperidine rings is 1. The van der Waals surface area contributed by atoms with Gasteiger partial charge in [-0.3, -0.25) is 4.79 Å². The molecule has 2 atom stereocenters. The van der Waals surface area contributed by atoms with Gasteiger partial charge in [0.2, 0.25) is 5.91 Å². The monoisotopic (exact) mass is 230 g/mol. The molecule has 0 bridgehead atoms. The summed E-state index contributed by atoms with van der Waals surface area (Å²) < 4.78 is 0. The molecule has 1 aromatic rings. The van der Waals surface area contributed by atoms with Gasteiger partial charge in [0.05, 0.1) is 5.41 Å². The largest absolute Gasteiger partial charge is 0.356 e. The van der Waals surface area contributed by atoms with Crippen molar-refractivity contribution < 1.29 is 4.79 Å². The van der Waals surface area contributed by atoms with Gasteiger partial charge in [0.15, 0.2) is 0 Å². The van der Waals surface area contributed by atoms with Crippen molar-refractivity contribution >= 4 is 5.91 Å². The van der Waals surface area contributed by atoms with E-state index in [0.29, 0.717) is 5.92 Å². The van der Waals surface area contributed by atoms with E-state index in [2.05, 4.69) is 34.9 Å². The Kier molecular flexibility index (Phi) is 2.63. The molecule has 0 radical (unpaired) electrons. The van der Waals surface area contributed by atoms with Crippen molar-refractivity contribution in [2.24, 2.45) is 5.41 Å². The first-order chi connectivity index (χ1) is 8.33. The number of benzene rings is 1. The fourth-order valence-corrected chi connectivity index (χ4v) is 3.31. The first-order valence-corrected chi connectivity index (χ1v) is 6.37. The van der Waals surface area contributed by atoms with E-state index >= 15 is 0 Å². The van der Waals surface area contributed by atoms with Crippen LogP contribution in [-0.2, 0) is 4.79 Å². The van der Waals surface area contributed by atoms with Gasteiger partial charge in [-0.25, -0.2) is 0 Å². The van der Waals surface area contributed by atoms with E-state index in [-0.39, 0.29) is 11.3 Å². The molecule has 0 saturated carbocycles. The first-order valence-electron chi connectivity index (χ1n) is 6.37. The summed E-state index contributed by atoms with van der Waals surface area (Å²) in [6, 6.07) is 10.4. The van der Waals surface area contributed by atoms with Crippen LogP contribution in [0.2, 0.25) is 0 Å². The van der Waals surface area contributed by atoms with Gasteiger partial charge in [-0.2, -0.15) is 0 Å². The van der Waals surface area contributed by atoms with E-state index in [1.807, 2.05) is 6.07 Å². The predicted octanol–water partition coefficient (Wildman–Crippen LogP) is 1.27. The Labute approximate surface area is 102 Å². The van der Waals surface area contributed by atoms with Gasteiger partial charge in [-0.15, -0.1) is 0 Å². The van der Waals surface area contributed by atoms with Crippen molar-refractivity contribution in [3.8, 4) is 0 Å². The van der Waals surface area contributed by atoms with Crippen LogP contribution in [0.4, 0.5) is 0 Å². The van der Waals surface area contributed by atoms with Gasteiger partial charge >= 0.3 is 0 Å². The Morgan fingerprint density at radius 1 is 1.12 bits per heavy atom. The van der Waals surface area contributed by atoms with Gasteiger partial charge < -0.3 is 10.6 Å². The van der Waals surface area contributed by atoms with Crippen molar-refractivity contribution in [2.75, 3.05) is 19.6 Å². The smallest absolute Gasteiger partial charge is 0.227 e. The maximum atomic E-state index is 12.2. The summed E-state index contributed by atoms with van der Waals surface area (Å²) >= 11 is 0. The molecule has 2 fully saturated rings. The Morgan fingerprint density at radius 3 is 2.59 bits per heavy atom. The topological polar surface area (TPSA) is 41.1 Å². The molecule has 2 heterocycles. The van der Waals surface area contributed by atoms with Crippen LogP contribution < -0.4 is 10.6 Å². The van der Waals surface area contributed by atoms with Crippen molar-refractivity contribution in [3.05, 3.63) is 35.9 Å². The number of carbonyl (C=O) groups is 1. The average Bonchev–Trinajstić information content (AvgIpc) is 2.73. The molecule has 2 saturated heterocycles. The lowest BCUT2D eigenvalue weighted by Gasteiger charge is -2.39. The maximum Gasteiger partial charge on any atom is 0.227 e. The molecule has 90 valence electrons. The Balaban J connectivity index is 1.98. The molecule has 3 nitrogen and oxygen atoms in total. The second-order valence-corrected chi connectivity index (χ2v) is 5.08. The highest BCUT2D eigenvalue weighted by Crippen LogP contribution is 2.45. The molecule has 0 aliphatic carbocycles. The Hall–Kier alpha value is -1.35. The van der Waals surface area contributed by atoms with Crippen LogP contribution in [0.15, 0.2) is 30.3 Å². The third-order valence-electron chi connectivity index (χ3n) is 4.27. The van der Waals surface area contributed by atoms with Crippen molar-refractivity contribution in [2.45, 2.75) is 18.8 Å². The Morgan fingerprint density at radius 2 is 1.88 bits per heavy atom. The molecule has 2 N–H and O–H groups in total. The molecule has 2 aliphatic rings. The molecule has 1 aromatic carbocycles. The summed E-state index contributed by atoms with van der Waals surface area (Å²) in [6.07, 6.45) is 1.94. The molecule has 3 heteroatoms. The number of amides is 1. The highest BCUT2D eigenvalue weighted by Gasteiger charge is 2.49. The van der Waals surface area contributed by atoms with Crippen LogP contribution in [0, 0.1) is 5.41 Å². The summed E-state index contributed by atoms with van der Waals surface area (Å²) in [5.74, 6) is 0.577. The molecule has 3 rings (SSSR count). The zero-order chi connectivity index (χ0) is 11.7. The second kappa shape index (κ2) is 4.15. The molecule has 17 heavy (non-hydrogen) atoms. The predicted molar refractivity (Wildman–Crippen MR) is 66.7 cm³/mol. The SMILES string of the molecule is O=C1NCCC12CCNCC2c1ccccc1. The molecule has 1 spiro atoms. The molecule has 1 amide bonds. The fraction of sp³-hybridized carbons (Fsp3) is 0.500. The number of carbonyl (C=O) groups excluding carboxylic acids is 1. The highest BCUT2D eigenvalue weighted by atomic mass is 16.2. The van der Waals surface area contributed by atoms with Gasteiger partial charge in [-0.05, 0) is 24.9 Å². The van der Waals surface area contributed by atoms with Crippen molar-refractivity contribution in [1.29, 1.82) is 0 Å². The van der Waals surface area contributed by atoms with Crippen LogP contribution in [0.1, 0.15) is 24.3 Å². The fourth-order valence-electron chi connectivity index (χ4n) is 3.31. The maximum absolute atomic E-state index is 12.2. The van der Waals surface area contributed by atoms with Gasteiger partial charge in [0.25, 0.3) is 0 Å². The summed E-state index contributed by atoms with van der Waals surface area (Å²) in [5, 5.41) is 6.44. The number of nitrogens with one attached hydrogen (secondary N) is 2. The summed E-state index contributed by atoms with van der Waals surface area (Å²) in [6.45, 7) is 2.70. The molecule has 0 aromatic heterocycles. The summed E-state index contributed by atoms with van der Waals surface area (Å²) in [5.41, 5.74) is 1.13. The van der Waals surface area contributed by atoms with Crippen LogP contribution in [-0.4, -0.2) is 25.5 Å². The number of hydrogen-bond acceptors (Lipinski definition) is 2. The van der Waals surface area contributed by atoms with E-state index in [4.69, 9.17) is 0 Å². The van der Waals surface area contributed by atoms with Gasteiger partial charge in [-0.1, -0.05) is 30.3 Å². The third kappa shape index (κ3) is 1.65. The number of hydrogen-bond donors (Lipinski definition) is 2. The summed E-state index contributed by atoms with van der Waals surface area (Å²) in [7, 11) is 0. The third-order valence-corrected chi connectivity index (χ3v) is 4.27. The average molecular weight is 230 g/mol. The normalized spacial score (nSPS) is 32.7. The lowest BCUT2D eigenvalue weighted by molar-refractivity contribution is -0.129. The van der Waals surface area contributed by atoms with Crippen LogP contribution in [0.25, 0.3) is 0 Å². The van der Waals surface area contributed by atoms with E-state index in [9.17, 15) is 4.79 Å². The lowest BCUT2D eigenvalue weighted by Crippen LogP contribution is -2.47. The van der Waals surface area contributed by atoms with E-state index in [1.165, 1.54) is 5.56 Å². The van der Waals surface area contributed by atoms with E-state index < -0.39 is 0 Å². The Bertz CT molecular complexity index is 417. The van der Waals surface area contributed by atoms with E-state index in [0.717, 1.165) is 32.5 Å². The first kappa shape index (κ1) is 10.8. The second-order valence-electron chi connectivity index (χ2n) is 5.08. The van der Waals surface area contributed by atoms with E-state index in [1.54, 1.807) is 0 Å². The van der Waals surface area contributed by atoms with Crippen LogP contribution >= 0.6 is 0 Å². The molecular formula is C14H18N2O. The standard InChI is InChI=1S/C14H18N2O/c17-13-14(7-9-16-13)6-8-15-10-12(14)11-4-2-1-3-5-11/h1-5,12,15H,6-10H2,(H,16,17). The molecule has 2 aliphatic heterocycles. The minimum atomic E-state index is -0.160. The zero-order valence-electron chi connectivity index (χ0n) is 9.91. The van der Waals surface area contributed by atoms with Gasteiger partial charge in [0, 0.05) is 19.0 Å². The van der Waals surface area contributed by atoms with Crippen LogP contribution in [0.3, 0.4) is 0 Å². The lowest BCUT2D eigenvalue weighted by atomic mass is 9.67. The minimum Gasteiger partial charge on any atom is -0.356 e. The quantitative estimate of drug-likeness (QED) is 0.763. The van der Waals surface area contributed by atoms with Crippen molar-refractivity contribution in [1.82, 2.24) is 10.6 Å². The van der Waals surface area contributed by atoms with Crippen molar-refractivity contribution in [3.63, 3.8) is 0 Å². The molecular weight excluding hydrogens is 212 g/mol. The zero-order valence-corrected chi connectivity index (χ0v) is 9.91. The van der Waals surface area contributed by atoms with Gasteiger partial charge in [0.1, 0.15) is 0 Å². The minimum absolute atomic E-state index is 0.160.